The number of anilines is 2. The molecule has 0 spiro atoms. The average Bonchev–Trinajstić information content (AvgIpc) is 2.51. The number of halogens is 2. The van der Waals surface area contributed by atoms with Crippen LogP contribution in [0, 0.1) is 0 Å². The van der Waals surface area contributed by atoms with E-state index < -0.39 is 17.4 Å². The first-order valence-corrected chi connectivity index (χ1v) is 7.92. The van der Waals surface area contributed by atoms with Gasteiger partial charge >= 0.3 is 0 Å². The quantitative estimate of drug-likeness (QED) is 0.759. The van der Waals surface area contributed by atoms with E-state index in [2.05, 4.69) is 26.6 Å². The second-order valence-electron chi connectivity index (χ2n) is 5.19. The molecule has 1 unspecified atom stereocenters. The Hall–Kier alpha value is -2.05. The highest BCUT2D eigenvalue weighted by atomic mass is 79.9. The zero-order valence-electron chi connectivity index (χ0n) is 12.0. The van der Waals surface area contributed by atoms with Crippen LogP contribution in [0.2, 0.25) is 5.02 Å². The first-order valence-electron chi connectivity index (χ1n) is 6.75. The van der Waals surface area contributed by atoms with Crippen LogP contribution in [0.15, 0.2) is 46.9 Å². The summed E-state index contributed by atoms with van der Waals surface area (Å²) in [6.07, 6.45) is 0. The second-order valence-corrected chi connectivity index (χ2v) is 6.54. The second kappa shape index (κ2) is 5.86. The topological polar surface area (TPSA) is 67.4 Å². The SMILES string of the molecule is CC1(C(=O)Nc2ccc(Br)cc2)Oc2ccc(Cl)cc2NC1=O. The Bertz CT molecular complexity index is 794. The van der Waals surface area contributed by atoms with Gasteiger partial charge in [-0.2, -0.15) is 0 Å². The van der Waals surface area contributed by atoms with Crippen molar-refractivity contribution in [2.75, 3.05) is 10.6 Å². The first kappa shape index (κ1) is 15.8. The monoisotopic (exact) mass is 394 g/mol. The van der Waals surface area contributed by atoms with E-state index in [4.69, 9.17) is 16.3 Å². The van der Waals surface area contributed by atoms with E-state index in [9.17, 15) is 9.59 Å². The summed E-state index contributed by atoms with van der Waals surface area (Å²) >= 11 is 9.21. The Labute approximate surface area is 146 Å². The normalized spacial score (nSPS) is 19.3. The smallest absolute Gasteiger partial charge is 0.278 e. The highest BCUT2D eigenvalue weighted by molar-refractivity contribution is 9.10. The van der Waals surface area contributed by atoms with Crippen LogP contribution in [0.25, 0.3) is 0 Å². The number of carbonyl (C=O) groups excluding carboxylic acids is 2. The molecular weight excluding hydrogens is 384 g/mol. The Morgan fingerprint density at radius 2 is 1.96 bits per heavy atom. The third-order valence-electron chi connectivity index (χ3n) is 3.47. The molecule has 1 heterocycles. The van der Waals surface area contributed by atoms with E-state index in [1.807, 2.05) is 0 Å². The number of rotatable bonds is 2. The van der Waals surface area contributed by atoms with Crippen molar-refractivity contribution >= 4 is 50.7 Å². The zero-order chi connectivity index (χ0) is 16.6. The molecule has 0 saturated carbocycles. The van der Waals surface area contributed by atoms with Gasteiger partial charge in [0.2, 0.25) is 0 Å². The van der Waals surface area contributed by atoms with Crippen LogP contribution >= 0.6 is 27.5 Å². The minimum absolute atomic E-state index is 0.391. The van der Waals surface area contributed by atoms with Gasteiger partial charge < -0.3 is 15.4 Å². The van der Waals surface area contributed by atoms with Crippen LogP contribution in [-0.4, -0.2) is 17.4 Å². The number of fused-ring (bicyclic) bond motifs is 1. The summed E-state index contributed by atoms with van der Waals surface area (Å²) in [4.78, 5) is 24.9. The van der Waals surface area contributed by atoms with Gasteiger partial charge in [-0.15, -0.1) is 0 Å². The molecule has 2 aromatic rings. The third-order valence-corrected chi connectivity index (χ3v) is 4.24. The fraction of sp³-hybridized carbons (Fsp3) is 0.125. The summed E-state index contributed by atoms with van der Waals surface area (Å²) in [5.41, 5.74) is -0.664. The molecule has 0 aromatic heterocycles. The first-order chi connectivity index (χ1) is 10.9. The lowest BCUT2D eigenvalue weighted by atomic mass is 10.0. The van der Waals surface area contributed by atoms with E-state index >= 15 is 0 Å². The van der Waals surface area contributed by atoms with Crippen LogP contribution in [-0.2, 0) is 9.59 Å². The summed E-state index contributed by atoms with van der Waals surface area (Å²) in [6.45, 7) is 1.42. The van der Waals surface area contributed by atoms with Gasteiger partial charge in [0, 0.05) is 15.2 Å². The molecule has 23 heavy (non-hydrogen) atoms. The number of ether oxygens (including phenoxy) is 1. The van der Waals surface area contributed by atoms with Crippen LogP contribution in [0.3, 0.4) is 0 Å². The predicted octanol–water partition coefficient (Wildman–Crippen LogP) is 3.83. The van der Waals surface area contributed by atoms with E-state index in [0.29, 0.717) is 22.1 Å². The zero-order valence-corrected chi connectivity index (χ0v) is 14.4. The van der Waals surface area contributed by atoms with Crippen molar-refractivity contribution in [2.24, 2.45) is 0 Å². The predicted molar refractivity (Wildman–Crippen MR) is 91.9 cm³/mol. The Morgan fingerprint density at radius 3 is 2.65 bits per heavy atom. The Morgan fingerprint density at radius 1 is 1.26 bits per heavy atom. The maximum absolute atomic E-state index is 12.5. The highest BCUT2D eigenvalue weighted by Gasteiger charge is 2.47. The summed E-state index contributed by atoms with van der Waals surface area (Å²) in [7, 11) is 0. The Balaban J connectivity index is 1.85. The Kier molecular flexibility index (Phi) is 4.04. The maximum Gasteiger partial charge on any atom is 0.278 e. The van der Waals surface area contributed by atoms with Crippen molar-refractivity contribution in [3.63, 3.8) is 0 Å². The van der Waals surface area contributed by atoms with E-state index in [1.54, 1.807) is 42.5 Å². The van der Waals surface area contributed by atoms with E-state index in [-0.39, 0.29) is 0 Å². The minimum atomic E-state index is -1.67. The molecule has 0 fully saturated rings. The molecule has 118 valence electrons. The number of carbonyl (C=O) groups is 2. The van der Waals surface area contributed by atoms with Crippen molar-refractivity contribution in [3.8, 4) is 5.75 Å². The lowest BCUT2D eigenvalue weighted by Gasteiger charge is -2.33. The van der Waals surface area contributed by atoms with E-state index in [0.717, 1.165) is 4.47 Å². The van der Waals surface area contributed by atoms with Crippen LogP contribution < -0.4 is 15.4 Å². The van der Waals surface area contributed by atoms with Crippen LogP contribution in [0.5, 0.6) is 5.75 Å². The van der Waals surface area contributed by atoms with Gasteiger partial charge in [-0.1, -0.05) is 27.5 Å². The van der Waals surface area contributed by atoms with E-state index in [1.165, 1.54) is 6.92 Å². The third kappa shape index (κ3) is 3.04. The van der Waals surface area contributed by atoms with Crippen LogP contribution in [0.4, 0.5) is 11.4 Å². The number of benzene rings is 2. The fourth-order valence-corrected chi connectivity index (χ4v) is 2.57. The molecule has 0 saturated heterocycles. The van der Waals surface area contributed by atoms with Crippen molar-refractivity contribution < 1.29 is 14.3 Å². The molecule has 5 nitrogen and oxygen atoms in total. The fourth-order valence-electron chi connectivity index (χ4n) is 2.13. The van der Waals surface area contributed by atoms with Crippen molar-refractivity contribution in [1.82, 2.24) is 0 Å². The standard InChI is InChI=1S/C16H12BrClN2O3/c1-16(14(21)19-11-5-2-9(17)3-6-11)15(22)20-12-8-10(18)4-7-13(12)23-16/h2-8H,1H3,(H,19,21)(H,20,22). The van der Waals surface area contributed by atoms with Crippen LogP contribution in [0.1, 0.15) is 6.92 Å². The van der Waals surface area contributed by atoms with Crippen molar-refractivity contribution in [3.05, 3.63) is 52.0 Å². The minimum Gasteiger partial charge on any atom is -0.466 e. The molecule has 0 bridgehead atoms. The van der Waals surface area contributed by atoms with Gasteiger partial charge in [0.1, 0.15) is 5.75 Å². The maximum atomic E-state index is 12.5. The molecule has 7 heteroatoms. The molecule has 1 aliphatic rings. The highest BCUT2D eigenvalue weighted by Crippen LogP contribution is 2.36. The molecular formula is C16H12BrClN2O3. The molecule has 0 radical (unpaired) electrons. The molecule has 3 rings (SSSR count). The van der Waals surface area contributed by atoms with Gasteiger partial charge in [0.25, 0.3) is 17.4 Å². The number of hydrogen-bond donors (Lipinski definition) is 2. The summed E-state index contributed by atoms with van der Waals surface area (Å²) < 4.78 is 6.54. The average molecular weight is 396 g/mol. The molecule has 1 atom stereocenters. The summed E-state index contributed by atoms with van der Waals surface area (Å²) in [5.74, 6) is -0.720. The van der Waals surface area contributed by atoms with Gasteiger partial charge in [-0.05, 0) is 49.4 Å². The molecule has 1 aliphatic heterocycles. The largest absolute Gasteiger partial charge is 0.466 e. The van der Waals surface area contributed by atoms with Gasteiger partial charge in [0.05, 0.1) is 5.69 Å². The number of nitrogens with one attached hydrogen (secondary N) is 2. The summed E-state index contributed by atoms with van der Waals surface area (Å²) in [5, 5.41) is 5.80. The molecule has 2 N–H and O–H groups in total. The number of hydrogen-bond acceptors (Lipinski definition) is 3. The molecule has 2 aromatic carbocycles. The molecule has 2 amide bonds. The lowest BCUT2D eigenvalue weighted by molar-refractivity contribution is -0.143. The van der Waals surface area contributed by atoms with Crippen molar-refractivity contribution in [2.45, 2.75) is 12.5 Å². The van der Waals surface area contributed by atoms with Gasteiger partial charge in [-0.3, -0.25) is 9.59 Å². The van der Waals surface area contributed by atoms with Crippen molar-refractivity contribution in [1.29, 1.82) is 0 Å². The van der Waals surface area contributed by atoms with Gasteiger partial charge in [0.15, 0.2) is 0 Å². The molecule has 0 aliphatic carbocycles. The lowest BCUT2D eigenvalue weighted by Crippen LogP contribution is -2.56. The summed E-state index contributed by atoms with van der Waals surface area (Å²) in [6, 6.07) is 11.8. The van der Waals surface area contributed by atoms with Gasteiger partial charge in [-0.25, -0.2) is 0 Å². The number of amides is 2.